The van der Waals surface area contributed by atoms with Crippen molar-refractivity contribution in [3.8, 4) is 145 Å². The first-order chi connectivity index (χ1) is 68.7. The molecule has 3 nitrogen and oxygen atoms in total. The molecule has 0 N–H and O–H groups in total. The fourth-order valence-electron chi connectivity index (χ4n) is 24.3. The van der Waals surface area contributed by atoms with Crippen LogP contribution in [-0.4, -0.2) is 9.13 Å². The minimum Gasteiger partial charge on any atom is -0.310 e. The number of hydrogen-bond donors (Lipinski definition) is 0. The Balaban J connectivity index is 0.000000150. The van der Waals surface area contributed by atoms with Crippen LogP contribution >= 0.6 is 0 Å². The summed E-state index contributed by atoms with van der Waals surface area (Å²) in [5.74, 6) is 0. The maximum absolute atomic E-state index is 2.48. The maximum atomic E-state index is 2.48. The van der Waals surface area contributed by atoms with E-state index in [4.69, 9.17) is 0 Å². The second-order valence-electron chi connectivity index (χ2n) is 40.9. The number of hydrogen-bond acceptors (Lipinski definition) is 1. The number of benzene rings is 21. The molecule has 2 aromatic heterocycles. The van der Waals surface area contributed by atoms with Crippen LogP contribution in [0.25, 0.3) is 199 Å². The van der Waals surface area contributed by atoms with Gasteiger partial charge in [0.2, 0.25) is 0 Å². The molecule has 0 aliphatic heterocycles. The van der Waals surface area contributed by atoms with Gasteiger partial charge >= 0.3 is 0 Å². The molecule has 0 saturated heterocycles. The SMILES string of the molecule is Cc1c(-c2ccccc2)c(C)c(-c2cccc(-c3ccc(-c4ccc5c(c4)C(C)(C)c4cc6c(cc4-5)c4ccccc4n6-c4ccccc4)c4ccccc34)c2)c(C)c1-c1ccccc1.Cc1ccc(-c2cc(-c3ccc(C)cc3)cc(-c3cccc(-c4ccc5c(c4)C(C)(C)c4cc(N(c6ccccc6)c6ccc7c(c6)C(C)(C)c6cc8c(cc6-7)c6ccccc6n8-c6ccccc6)ccc4-5)c3)c2)cc1. The van der Waals surface area contributed by atoms with Crippen LogP contribution in [-0.2, 0) is 16.2 Å². The lowest BCUT2D eigenvalue weighted by Gasteiger charge is -2.29. The lowest BCUT2D eigenvalue weighted by atomic mass is 9.80. The van der Waals surface area contributed by atoms with E-state index in [9.17, 15) is 0 Å². The highest BCUT2D eigenvalue weighted by atomic mass is 15.1. The van der Waals surface area contributed by atoms with Crippen molar-refractivity contribution in [3.63, 3.8) is 0 Å². The molecule has 0 radical (unpaired) electrons. The Hall–Kier alpha value is -16.7. The standard InChI is InChI=1S/C74H58N2.C64H49N/c1-47-24-28-49(29-25-47)54-39-55(50-30-26-48(2)27-31-50)41-56(40-54)52-17-15-16-51(38-52)53-32-35-61-62-36-33-59(43-68(62)73(3,4)67(61)42-53)75(57-18-9-7-10-19-57)60-34-37-63-65-45-66-64-22-13-14-23-71(64)76(58-20-11-8-12-21-58)72(66)46-70(65)74(5,6)69(63)44-60;1-40-61(43-20-9-6-10-21-43)41(2)63(42(3)62(40)44-22-11-7-12-23-44)47-25-19-24-45(36-47)49-34-35-50(52-29-16-15-28-51(49)52)46-32-33-53-55-38-56-54-30-17-18-31-59(54)65(48-26-13-8-14-27-48)60(56)39-58(55)64(4,5)57(53)37-46/h7-46H,1-6H3;6-39H,1-5H3. The first kappa shape index (κ1) is 85.9. The van der Waals surface area contributed by atoms with Crippen LogP contribution in [0.5, 0.6) is 0 Å². The summed E-state index contributed by atoms with van der Waals surface area (Å²) >= 11 is 0. The summed E-state index contributed by atoms with van der Waals surface area (Å²) in [4.78, 5) is 2.46. The molecule has 2 heterocycles. The van der Waals surface area contributed by atoms with E-state index in [1.54, 1.807) is 0 Å². The lowest BCUT2D eigenvalue weighted by molar-refractivity contribution is 0.660. The van der Waals surface area contributed by atoms with Crippen LogP contribution in [0.15, 0.2) is 449 Å². The Morgan fingerprint density at radius 1 is 0.170 bits per heavy atom. The highest BCUT2D eigenvalue weighted by Gasteiger charge is 2.41. The van der Waals surface area contributed by atoms with Gasteiger partial charge in [0.15, 0.2) is 0 Å². The van der Waals surface area contributed by atoms with Gasteiger partial charge in [0.25, 0.3) is 0 Å². The van der Waals surface area contributed by atoms with E-state index >= 15 is 0 Å². The Kier molecular flexibility index (Phi) is 20.5. The van der Waals surface area contributed by atoms with Crippen molar-refractivity contribution < 1.29 is 0 Å². The summed E-state index contributed by atoms with van der Waals surface area (Å²) in [7, 11) is 0. The Morgan fingerprint density at radius 3 is 0.915 bits per heavy atom. The smallest absolute Gasteiger partial charge is 0.0544 e. The number of aryl methyl sites for hydroxylation is 2. The molecule has 3 aliphatic rings. The normalized spacial score (nSPS) is 13.2. The van der Waals surface area contributed by atoms with Crippen LogP contribution in [0.3, 0.4) is 0 Å². The predicted molar refractivity (Wildman–Crippen MR) is 599 cm³/mol. The fourth-order valence-corrected chi connectivity index (χ4v) is 24.3. The van der Waals surface area contributed by atoms with Crippen molar-refractivity contribution in [2.24, 2.45) is 0 Å². The average Bonchev–Trinajstić information content (AvgIpc) is 1.54. The van der Waals surface area contributed by atoms with Gasteiger partial charge in [-0.3, -0.25) is 0 Å². The van der Waals surface area contributed by atoms with Crippen molar-refractivity contribution in [3.05, 3.63) is 510 Å². The minimum absolute atomic E-state index is 0.185. The molecule has 0 fully saturated rings. The zero-order valence-corrected chi connectivity index (χ0v) is 81.6. The largest absolute Gasteiger partial charge is 0.310 e. The third-order valence-corrected chi connectivity index (χ3v) is 31.4. The number of anilines is 3. The summed E-state index contributed by atoms with van der Waals surface area (Å²) in [5.41, 5.74) is 55.0. The van der Waals surface area contributed by atoms with Crippen molar-refractivity contribution in [2.75, 3.05) is 4.90 Å². The molecule has 0 bridgehead atoms. The lowest BCUT2D eigenvalue weighted by Crippen LogP contribution is -2.18. The topological polar surface area (TPSA) is 13.1 Å². The quantitative estimate of drug-likeness (QED) is 0.106. The molecular formula is C138H107N3. The number of para-hydroxylation sites is 5. The summed E-state index contributed by atoms with van der Waals surface area (Å²) < 4.78 is 4.87. The zero-order chi connectivity index (χ0) is 95.4. The first-order valence-corrected chi connectivity index (χ1v) is 49.7. The van der Waals surface area contributed by atoms with Crippen molar-refractivity contribution >= 4 is 71.4 Å². The molecular weight excluding hydrogens is 1700 g/mol. The summed E-state index contributed by atoms with van der Waals surface area (Å²) in [6.07, 6.45) is 0. The van der Waals surface area contributed by atoms with E-state index in [1.807, 2.05) is 0 Å². The van der Waals surface area contributed by atoms with E-state index in [0.29, 0.717) is 0 Å². The molecule has 0 atom stereocenters. The molecule has 3 aliphatic carbocycles. The molecule has 0 saturated carbocycles. The van der Waals surface area contributed by atoms with Gasteiger partial charge in [0.05, 0.1) is 22.1 Å². The third kappa shape index (κ3) is 14.2. The molecule has 3 heteroatoms. The number of fused-ring (bicyclic) bond motifs is 16. The van der Waals surface area contributed by atoms with E-state index in [0.717, 1.165) is 17.1 Å². The molecule has 141 heavy (non-hydrogen) atoms. The van der Waals surface area contributed by atoms with Crippen LogP contribution in [0.1, 0.15) is 103 Å². The highest BCUT2D eigenvalue weighted by Crippen LogP contribution is 2.58. The molecule has 23 aromatic rings. The Labute approximate surface area is 827 Å². The number of rotatable bonds is 14. The third-order valence-electron chi connectivity index (χ3n) is 31.4. The van der Waals surface area contributed by atoms with E-state index < -0.39 is 0 Å². The van der Waals surface area contributed by atoms with Gasteiger partial charge in [-0.1, -0.05) is 362 Å². The number of nitrogens with zero attached hydrogens (tertiary/aromatic N) is 3. The van der Waals surface area contributed by atoms with Gasteiger partial charge in [0, 0.05) is 66.2 Å². The van der Waals surface area contributed by atoms with E-state index in [2.05, 4.69) is 539 Å². The van der Waals surface area contributed by atoms with Gasteiger partial charge in [-0.15, -0.1) is 0 Å². The Morgan fingerprint density at radius 2 is 0.461 bits per heavy atom. The zero-order valence-electron chi connectivity index (χ0n) is 81.6. The number of aromatic nitrogens is 2. The summed E-state index contributed by atoms with van der Waals surface area (Å²) in [5, 5.41) is 7.66. The van der Waals surface area contributed by atoms with Gasteiger partial charge in [-0.05, 0) is 369 Å². The van der Waals surface area contributed by atoms with E-state index in [1.165, 1.54) is 260 Å². The van der Waals surface area contributed by atoms with Gasteiger partial charge < -0.3 is 14.0 Å². The van der Waals surface area contributed by atoms with Crippen molar-refractivity contribution in [2.45, 2.75) is 92.4 Å². The minimum atomic E-state index is -0.240. The Bertz CT molecular complexity index is 8860. The molecule has 26 rings (SSSR count). The molecule has 0 unspecified atom stereocenters. The molecule has 21 aromatic carbocycles. The van der Waals surface area contributed by atoms with Crippen LogP contribution in [0, 0.1) is 34.6 Å². The van der Waals surface area contributed by atoms with Gasteiger partial charge in [-0.2, -0.15) is 0 Å². The highest BCUT2D eigenvalue weighted by molar-refractivity contribution is 6.14. The van der Waals surface area contributed by atoms with Crippen molar-refractivity contribution in [1.82, 2.24) is 9.13 Å². The first-order valence-electron chi connectivity index (χ1n) is 49.7. The second-order valence-corrected chi connectivity index (χ2v) is 40.9. The molecule has 0 amide bonds. The summed E-state index contributed by atoms with van der Waals surface area (Å²) in [6.45, 7) is 25.6. The molecule has 674 valence electrons. The van der Waals surface area contributed by atoms with Crippen molar-refractivity contribution in [1.29, 1.82) is 0 Å². The predicted octanol–water partition coefficient (Wildman–Crippen LogP) is 37.7. The average molecular weight is 1810 g/mol. The fraction of sp³-hybridized carbons (Fsp3) is 0.101. The van der Waals surface area contributed by atoms with Crippen LogP contribution in [0.2, 0.25) is 0 Å². The van der Waals surface area contributed by atoms with Gasteiger partial charge in [0.1, 0.15) is 0 Å². The van der Waals surface area contributed by atoms with Crippen LogP contribution in [0.4, 0.5) is 17.1 Å². The van der Waals surface area contributed by atoms with E-state index in [-0.39, 0.29) is 16.2 Å². The second kappa shape index (κ2) is 33.6. The molecule has 0 spiro atoms. The van der Waals surface area contributed by atoms with Gasteiger partial charge in [-0.25, -0.2) is 0 Å². The maximum Gasteiger partial charge on any atom is 0.0544 e. The monoisotopic (exact) mass is 1810 g/mol. The van der Waals surface area contributed by atoms with Crippen LogP contribution < -0.4 is 4.90 Å². The summed E-state index contributed by atoms with van der Waals surface area (Å²) in [6, 6.07) is 167.